The molecule has 2 N–H and O–H groups in total. The maximum atomic E-state index is 11.7. The highest BCUT2D eigenvalue weighted by atomic mass is 35.5. The molecule has 1 aromatic heterocycles. The molecule has 0 bridgehead atoms. The molecular formula is C16H16ClN3O2. The third kappa shape index (κ3) is 3.49. The van der Waals surface area contributed by atoms with Gasteiger partial charge in [0.1, 0.15) is 11.6 Å². The van der Waals surface area contributed by atoms with E-state index in [-0.39, 0.29) is 11.8 Å². The van der Waals surface area contributed by atoms with Crippen LogP contribution in [-0.2, 0) is 4.79 Å². The molecule has 1 aromatic carbocycles. The van der Waals surface area contributed by atoms with Crippen LogP contribution < -0.4 is 15.4 Å². The van der Waals surface area contributed by atoms with E-state index in [1.54, 1.807) is 37.6 Å². The molecule has 0 atom stereocenters. The fraction of sp³-hybridized carbons (Fsp3) is 0.250. The number of nitrogens with one attached hydrogen (secondary N) is 2. The average molecular weight is 318 g/mol. The van der Waals surface area contributed by atoms with Crippen LogP contribution in [0.3, 0.4) is 0 Å². The van der Waals surface area contributed by atoms with E-state index in [1.807, 2.05) is 6.07 Å². The van der Waals surface area contributed by atoms with Crippen molar-refractivity contribution in [2.75, 3.05) is 17.7 Å². The molecule has 0 spiro atoms. The quantitative estimate of drug-likeness (QED) is 0.879. The van der Waals surface area contributed by atoms with Gasteiger partial charge in [-0.15, -0.1) is 0 Å². The number of ether oxygens (including phenoxy) is 1. The lowest BCUT2D eigenvalue weighted by atomic mass is 10.2. The fourth-order valence-corrected chi connectivity index (χ4v) is 2.22. The van der Waals surface area contributed by atoms with Crippen molar-refractivity contribution >= 4 is 34.7 Å². The number of hydrogen-bond donors (Lipinski definition) is 2. The number of aromatic nitrogens is 1. The molecule has 2 aromatic rings. The van der Waals surface area contributed by atoms with Crippen molar-refractivity contribution in [3.8, 4) is 5.75 Å². The van der Waals surface area contributed by atoms with Crippen molar-refractivity contribution in [2.45, 2.75) is 12.8 Å². The van der Waals surface area contributed by atoms with Gasteiger partial charge in [0.15, 0.2) is 0 Å². The lowest BCUT2D eigenvalue weighted by molar-refractivity contribution is -0.117. The molecule has 6 heteroatoms. The summed E-state index contributed by atoms with van der Waals surface area (Å²) in [7, 11) is 1.60. The van der Waals surface area contributed by atoms with Gasteiger partial charge in [0, 0.05) is 10.9 Å². The number of amides is 1. The highest BCUT2D eigenvalue weighted by Gasteiger charge is 2.29. The van der Waals surface area contributed by atoms with E-state index in [1.165, 1.54) is 0 Å². The number of anilines is 3. The van der Waals surface area contributed by atoms with Gasteiger partial charge in [-0.25, -0.2) is 4.98 Å². The Morgan fingerprint density at radius 3 is 2.77 bits per heavy atom. The molecule has 1 fully saturated rings. The molecule has 1 aliphatic carbocycles. The van der Waals surface area contributed by atoms with Gasteiger partial charge < -0.3 is 15.4 Å². The van der Waals surface area contributed by atoms with E-state index in [0.717, 1.165) is 24.2 Å². The van der Waals surface area contributed by atoms with Crippen molar-refractivity contribution in [3.05, 3.63) is 41.6 Å². The van der Waals surface area contributed by atoms with E-state index in [4.69, 9.17) is 16.3 Å². The van der Waals surface area contributed by atoms with Gasteiger partial charge in [0.05, 0.1) is 24.7 Å². The van der Waals surface area contributed by atoms with Crippen LogP contribution in [0.1, 0.15) is 12.8 Å². The van der Waals surface area contributed by atoms with Crippen LogP contribution in [0.25, 0.3) is 0 Å². The number of rotatable bonds is 5. The minimum atomic E-state index is 0.0460. The fourth-order valence-electron chi connectivity index (χ4n) is 2.05. The number of benzene rings is 1. The summed E-state index contributed by atoms with van der Waals surface area (Å²) in [6, 6.07) is 8.95. The highest BCUT2D eigenvalue weighted by Crippen LogP contribution is 2.31. The SMILES string of the molecule is COc1ccc(Cl)cc1Nc1ccc(NC(=O)C2CC2)nc1. The first-order chi connectivity index (χ1) is 10.7. The minimum Gasteiger partial charge on any atom is -0.495 e. The van der Waals surface area contributed by atoms with E-state index >= 15 is 0 Å². The van der Waals surface area contributed by atoms with Crippen LogP contribution in [0.15, 0.2) is 36.5 Å². The molecule has 0 unspecified atom stereocenters. The Bertz CT molecular complexity index is 684. The smallest absolute Gasteiger partial charge is 0.228 e. The molecular weight excluding hydrogens is 302 g/mol. The summed E-state index contributed by atoms with van der Waals surface area (Å²) in [5, 5.41) is 6.61. The maximum absolute atomic E-state index is 11.7. The molecule has 0 saturated heterocycles. The Morgan fingerprint density at radius 1 is 1.32 bits per heavy atom. The topological polar surface area (TPSA) is 63.2 Å². The molecule has 114 valence electrons. The molecule has 22 heavy (non-hydrogen) atoms. The maximum Gasteiger partial charge on any atom is 0.228 e. The van der Waals surface area contributed by atoms with Crippen LogP contribution >= 0.6 is 11.6 Å². The van der Waals surface area contributed by atoms with E-state index in [0.29, 0.717) is 16.6 Å². The summed E-state index contributed by atoms with van der Waals surface area (Å²) in [5.74, 6) is 1.45. The summed E-state index contributed by atoms with van der Waals surface area (Å²) in [6.45, 7) is 0. The van der Waals surface area contributed by atoms with Crippen LogP contribution in [-0.4, -0.2) is 18.0 Å². The van der Waals surface area contributed by atoms with Gasteiger partial charge in [-0.3, -0.25) is 4.79 Å². The Hall–Kier alpha value is -2.27. The predicted molar refractivity (Wildman–Crippen MR) is 86.9 cm³/mol. The van der Waals surface area contributed by atoms with Gasteiger partial charge in [-0.05, 0) is 43.2 Å². The summed E-state index contributed by atoms with van der Waals surface area (Å²) >= 11 is 6.00. The van der Waals surface area contributed by atoms with Crippen molar-refractivity contribution < 1.29 is 9.53 Å². The van der Waals surface area contributed by atoms with Crippen molar-refractivity contribution in [1.82, 2.24) is 4.98 Å². The number of carbonyl (C=O) groups excluding carboxylic acids is 1. The van der Waals surface area contributed by atoms with Crippen molar-refractivity contribution in [2.24, 2.45) is 5.92 Å². The zero-order valence-corrected chi connectivity index (χ0v) is 12.9. The number of hydrogen-bond acceptors (Lipinski definition) is 4. The molecule has 0 aliphatic heterocycles. The van der Waals surface area contributed by atoms with Crippen LogP contribution in [0.5, 0.6) is 5.75 Å². The largest absolute Gasteiger partial charge is 0.495 e. The normalized spacial score (nSPS) is 13.5. The van der Waals surface area contributed by atoms with Gasteiger partial charge in [0.25, 0.3) is 0 Å². The van der Waals surface area contributed by atoms with Crippen molar-refractivity contribution in [3.63, 3.8) is 0 Å². The number of carbonyl (C=O) groups is 1. The first-order valence-corrected chi connectivity index (χ1v) is 7.41. The third-order valence-electron chi connectivity index (χ3n) is 3.40. The summed E-state index contributed by atoms with van der Waals surface area (Å²) in [6.07, 6.45) is 3.60. The van der Waals surface area contributed by atoms with Gasteiger partial charge in [-0.1, -0.05) is 11.6 Å². The minimum absolute atomic E-state index is 0.0460. The molecule has 1 heterocycles. The number of nitrogens with zero attached hydrogens (tertiary/aromatic N) is 1. The third-order valence-corrected chi connectivity index (χ3v) is 3.64. The Balaban J connectivity index is 1.70. The van der Waals surface area contributed by atoms with Crippen molar-refractivity contribution in [1.29, 1.82) is 0 Å². The lowest BCUT2D eigenvalue weighted by Gasteiger charge is -2.12. The second-order valence-electron chi connectivity index (χ2n) is 5.17. The van der Waals surface area contributed by atoms with E-state index in [9.17, 15) is 4.79 Å². The summed E-state index contributed by atoms with van der Waals surface area (Å²) < 4.78 is 5.28. The second-order valence-corrected chi connectivity index (χ2v) is 5.60. The van der Waals surface area contributed by atoms with Gasteiger partial charge >= 0.3 is 0 Å². The first kappa shape index (κ1) is 14.7. The molecule has 1 saturated carbocycles. The predicted octanol–water partition coefficient (Wildman–Crippen LogP) is 3.84. The van der Waals surface area contributed by atoms with Crippen LogP contribution in [0.2, 0.25) is 5.02 Å². The van der Waals surface area contributed by atoms with Crippen LogP contribution in [0, 0.1) is 5.92 Å². The Labute approximate surface area is 133 Å². The molecule has 1 amide bonds. The Morgan fingerprint density at radius 2 is 2.14 bits per heavy atom. The number of methoxy groups -OCH3 is 1. The van der Waals surface area contributed by atoms with Gasteiger partial charge in [-0.2, -0.15) is 0 Å². The summed E-state index contributed by atoms with van der Waals surface area (Å²) in [4.78, 5) is 15.9. The second kappa shape index (κ2) is 6.23. The van der Waals surface area contributed by atoms with Crippen LogP contribution in [0.4, 0.5) is 17.2 Å². The molecule has 0 radical (unpaired) electrons. The van der Waals surface area contributed by atoms with Gasteiger partial charge in [0.2, 0.25) is 5.91 Å². The highest BCUT2D eigenvalue weighted by molar-refractivity contribution is 6.31. The molecule has 1 aliphatic rings. The zero-order chi connectivity index (χ0) is 15.5. The van der Waals surface area contributed by atoms with E-state index < -0.39 is 0 Å². The molecule has 5 nitrogen and oxygen atoms in total. The number of halogens is 1. The molecule has 3 rings (SSSR count). The first-order valence-electron chi connectivity index (χ1n) is 7.03. The number of pyridine rings is 1. The summed E-state index contributed by atoms with van der Waals surface area (Å²) in [5.41, 5.74) is 1.54. The standard InChI is InChI=1S/C16H16ClN3O2/c1-22-14-6-4-11(17)8-13(14)19-12-5-7-15(18-9-12)20-16(21)10-2-3-10/h4-10,19H,2-3H2,1H3,(H,18,20,21). The monoisotopic (exact) mass is 317 g/mol. The lowest BCUT2D eigenvalue weighted by Crippen LogP contribution is -2.14. The average Bonchev–Trinajstić information content (AvgIpc) is 3.34. The van der Waals surface area contributed by atoms with E-state index in [2.05, 4.69) is 15.6 Å². The Kier molecular flexibility index (Phi) is 4.15. The zero-order valence-electron chi connectivity index (χ0n) is 12.1.